The van der Waals surface area contributed by atoms with Crippen LogP contribution in [0.25, 0.3) is 11.4 Å². The summed E-state index contributed by atoms with van der Waals surface area (Å²) in [7, 11) is 0. The first-order valence-corrected chi connectivity index (χ1v) is 10.7. The van der Waals surface area contributed by atoms with Crippen molar-refractivity contribution in [2.24, 2.45) is 5.92 Å². The molecule has 1 aliphatic heterocycles. The minimum absolute atomic E-state index is 0.627. The predicted molar refractivity (Wildman–Crippen MR) is 112 cm³/mol. The molecule has 3 aromatic rings. The summed E-state index contributed by atoms with van der Waals surface area (Å²) in [5.41, 5.74) is 6.77. The van der Waals surface area contributed by atoms with Crippen molar-refractivity contribution < 1.29 is 0 Å². The monoisotopic (exact) mass is 397 g/mol. The Morgan fingerprint density at radius 3 is 2.64 bits per heavy atom. The molecule has 0 saturated carbocycles. The van der Waals surface area contributed by atoms with Crippen molar-refractivity contribution in [3.63, 3.8) is 0 Å². The lowest BCUT2D eigenvalue weighted by atomic mass is 9.99. The minimum Gasteiger partial charge on any atom is -0.368 e. The van der Waals surface area contributed by atoms with E-state index in [2.05, 4.69) is 74.4 Å². The molecule has 7 nitrogen and oxygen atoms in total. The van der Waals surface area contributed by atoms with E-state index in [0.29, 0.717) is 11.7 Å². The van der Waals surface area contributed by atoms with Gasteiger partial charge in [-0.05, 0) is 42.2 Å². The van der Waals surface area contributed by atoms with Gasteiger partial charge in [-0.2, -0.15) is 5.21 Å². The first-order valence-electron chi connectivity index (χ1n) is 9.83. The van der Waals surface area contributed by atoms with Gasteiger partial charge in [0.1, 0.15) is 0 Å². The van der Waals surface area contributed by atoms with Crippen molar-refractivity contribution in [3.8, 4) is 11.4 Å². The average molecular weight is 398 g/mol. The van der Waals surface area contributed by atoms with E-state index >= 15 is 0 Å². The number of hydrogen-bond acceptors (Lipinski definition) is 7. The minimum atomic E-state index is 0.627. The molecule has 0 aliphatic carbocycles. The van der Waals surface area contributed by atoms with Crippen LogP contribution in [-0.4, -0.2) is 56.7 Å². The van der Waals surface area contributed by atoms with Crippen LogP contribution in [0.4, 0.5) is 5.69 Å². The molecule has 1 aliphatic rings. The molecule has 2 aromatic heterocycles. The second-order valence-electron chi connectivity index (χ2n) is 7.80. The van der Waals surface area contributed by atoms with Gasteiger partial charge in [-0.3, -0.25) is 4.90 Å². The number of benzene rings is 1. The van der Waals surface area contributed by atoms with Gasteiger partial charge >= 0.3 is 0 Å². The number of nitrogens with one attached hydrogen (secondary N) is 1. The van der Waals surface area contributed by atoms with E-state index in [1.165, 1.54) is 21.8 Å². The van der Waals surface area contributed by atoms with Crippen LogP contribution in [0.1, 0.15) is 30.0 Å². The number of aromatic nitrogens is 5. The van der Waals surface area contributed by atoms with E-state index in [0.717, 1.165) is 44.7 Å². The van der Waals surface area contributed by atoms with Crippen LogP contribution in [0.15, 0.2) is 23.7 Å². The molecule has 1 aromatic carbocycles. The molecule has 0 radical (unpaired) electrons. The van der Waals surface area contributed by atoms with Crippen molar-refractivity contribution in [1.82, 2.24) is 30.5 Å². The number of aryl methyl sites for hydroxylation is 1. The van der Waals surface area contributed by atoms with Crippen molar-refractivity contribution in [2.75, 3.05) is 31.1 Å². The van der Waals surface area contributed by atoms with Crippen molar-refractivity contribution in [2.45, 2.75) is 33.7 Å². The molecule has 0 atom stereocenters. The summed E-state index contributed by atoms with van der Waals surface area (Å²) in [6, 6.07) is 6.64. The van der Waals surface area contributed by atoms with E-state index in [-0.39, 0.29) is 0 Å². The highest BCUT2D eigenvalue weighted by Crippen LogP contribution is 2.31. The number of H-pyrrole nitrogens is 1. The van der Waals surface area contributed by atoms with Crippen LogP contribution in [0.3, 0.4) is 0 Å². The van der Waals surface area contributed by atoms with Crippen LogP contribution in [0.2, 0.25) is 0 Å². The molecule has 0 spiro atoms. The summed E-state index contributed by atoms with van der Waals surface area (Å²) in [5.74, 6) is 1.29. The van der Waals surface area contributed by atoms with Crippen molar-refractivity contribution >= 4 is 17.0 Å². The Bertz CT molecular complexity index is 895. The first kappa shape index (κ1) is 19.0. The summed E-state index contributed by atoms with van der Waals surface area (Å²) in [6.45, 7) is 11.6. The van der Waals surface area contributed by atoms with E-state index in [4.69, 9.17) is 0 Å². The van der Waals surface area contributed by atoms with E-state index in [9.17, 15) is 0 Å². The molecular weight excluding hydrogens is 370 g/mol. The number of nitrogens with zero attached hydrogens (tertiary/aromatic N) is 6. The van der Waals surface area contributed by atoms with Crippen molar-refractivity contribution in [1.29, 1.82) is 0 Å². The largest absolute Gasteiger partial charge is 0.368 e. The third-order valence-electron chi connectivity index (χ3n) is 5.22. The molecule has 0 amide bonds. The van der Waals surface area contributed by atoms with Gasteiger partial charge in [0.05, 0.1) is 11.2 Å². The summed E-state index contributed by atoms with van der Waals surface area (Å²) in [5, 5.41) is 14.8. The summed E-state index contributed by atoms with van der Waals surface area (Å²) >= 11 is 1.73. The van der Waals surface area contributed by atoms with E-state index in [1.807, 2.05) is 5.51 Å². The molecule has 4 rings (SSSR count). The highest BCUT2D eigenvalue weighted by Gasteiger charge is 2.22. The molecule has 3 heterocycles. The van der Waals surface area contributed by atoms with Crippen LogP contribution in [-0.2, 0) is 13.0 Å². The van der Waals surface area contributed by atoms with Crippen LogP contribution < -0.4 is 4.90 Å². The van der Waals surface area contributed by atoms with Crippen molar-refractivity contribution in [3.05, 3.63) is 39.8 Å². The lowest BCUT2D eigenvalue weighted by molar-refractivity contribution is 0.247. The Balaban J connectivity index is 1.52. The molecular formula is C20H27N7S. The van der Waals surface area contributed by atoms with Crippen LogP contribution in [0.5, 0.6) is 0 Å². The second kappa shape index (κ2) is 8.36. The van der Waals surface area contributed by atoms with Crippen LogP contribution >= 0.6 is 11.3 Å². The van der Waals surface area contributed by atoms with Gasteiger partial charge in [0.2, 0.25) is 5.82 Å². The highest BCUT2D eigenvalue weighted by atomic mass is 32.1. The number of anilines is 1. The SMILES string of the molecule is Cc1scnc1CN1CCN(c2cc(CC(C)C)ccc2-c2nn[nH]n2)CC1. The average Bonchev–Trinajstić information content (AvgIpc) is 3.34. The molecule has 1 fully saturated rings. The number of piperazine rings is 1. The van der Waals surface area contributed by atoms with Gasteiger partial charge in [0, 0.05) is 48.9 Å². The normalized spacial score (nSPS) is 15.5. The third-order valence-corrected chi connectivity index (χ3v) is 6.02. The Morgan fingerprint density at radius 2 is 2.00 bits per heavy atom. The standard InChI is InChI=1S/C20H27N7S/c1-14(2)10-16-4-5-17(20-22-24-25-23-20)19(11-16)27-8-6-26(7-9-27)12-18-15(3)28-13-21-18/h4-5,11,13-14H,6-10,12H2,1-3H3,(H,22,23,24,25). The van der Waals surface area contributed by atoms with Gasteiger partial charge < -0.3 is 4.90 Å². The number of rotatable bonds is 6. The Morgan fingerprint density at radius 1 is 1.18 bits per heavy atom. The quantitative estimate of drug-likeness (QED) is 0.689. The zero-order valence-corrected chi connectivity index (χ0v) is 17.5. The molecule has 1 N–H and O–H groups in total. The molecule has 148 valence electrons. The maximum absolute atomic E-state index is 4.51. The molecule has 28 heavy (non-hydrogen) atoms. The van der Waals surface area contributed by atoms with Gasteiger partial charge in [0.25, 0.3) is 0 Å². The van der Waals surface area contributed by atoms with E-state index in [1.54, 1.807) is 11.3 Å². The number of hydrogen-bond donors (Lipinski definition) is 1. The maximum atomic E-state index is 4.51. The van der Waals surface area contributed by atoms with Gasteiger partial charge in [-0.25, -0.2) is 4.98 Å². The first-order chi connectivity index (χ1) is 13.6. The van der Waals surface area contributed by atoms with Gasteiger partial charge in [-0.15, -0.1) is 21.5 Å². The molecule has 0 bridgehead atoms. The fourth-order valence-electron chi connectivity index (χ4n) is 3.74. The molecule has 0 unspecified atom stereocenters. The predicted octanol–water partition coefficient (Wildman–Crippen LogP) is 3.15. The smallest absolute Gasteiger partial charge is 0.206 e. The summed E-state index contributed by atoms with van der Waals surface area (Å²) in [4.78, 5) is 10.8. The second-order valence-corrected chi connectivity index (χ2v) is 8.86. The van der Waals surface area contributed by atoms with Crippen LogP contribution in [0, 0.1) is 12.8 Å². The maximum Gasteiger partial charge on any atom is 0.206 e. The fraction of sp³-hybridized carbons (Fsp3) is 0.500. The summed E-state index contributed by atoms with van der Waals surface area (Å²) in [6.07, 6.45) is 1.07. The molecule has 1 saturated heterocycles. The third kappa shape index (κ3) is 4.23. The summed E-state index contributed by atoms with van der Waals surface area (Å²) < 4.78 is 0. The molecule has 8 heteroatoms. The Labute approximate surface area is 169 Å². The topological polar surface area (TPSA) is 73.8 Å². The lowest BCUT2D eigenvalue weighted by Crippen LogP contribution is -2.46. The number of tetrazole rings is 1. The van der Waals surface area contributed by atoms with E-state index < -0.39 is 0 Å². The highest BCUT2D eigenvalue weighted by molar-refractivity contribution is 7.09. The zero-order chi connectivity index (χ0) is 19.5. The fourth-order valence-corrected chi connectivity index (χ4v) is 4.33. The lowest BCUT2D eigenvalue weighted by Gasteiger charge is -2.36. The Hall–Kier alpha value is -2.32. The number of aromatic amines is 1. The van der Waals surface area contributed by atoms with Gasteiger partial charge in [-0.1, -0.05) is 19.9 Å². The zero-order valence-electron chi connectivity index (χ0n) is 16.7. The van der Waals surface area contributed by atoms with Gasteiger partial charge in [0.15, 0.2) is 0 Å². The number of thiazole rings is 1. The Kier molecular flexibility index (Phi) is 5.68.